The first-order valence-corrected chi connectivity index (χ1v) is 6.07. The quantitative estimate of drug-likeness (QED) is 0.644. The molecule has 1 aromatic rings. The minimum atomic E-state index is -0.0340. The van der Waals surface area contributed by atoms with Crippen LogP contribution in [0.1, 0.15) is 30.4 Å². The number of halogens is 1. The van der Waals surface area contributed by atoms with E-state index in [4.69, 9.17) is 16.9 Å². The maximum atomic E-state index is 11.6. The lowest BCUT2D eigenvalue weighted by Gasteiger charge is -2.08. The Morgan fingerprint density at radius 3 is 2.88 bits per heavy atom. The third-order valence-electron chi connectivity index (χ3n) is 2.43. The average molecular weight is 251 g/mol. The van der Waals surface area contributed by atoms with E-state index >= 15 is 0 Å². The van der Waals surface area contributed by atoms with Crippen molar-refractivity contribution in [2.24, 2.45) is 0 Å². The fourth-order valence-corrected chi connectivity index (χ4v) is 1.61. The Bertz CT molecular complexity index is 438. The molecule has 3 nitrogen and oxygen atoms in total. The summed E-state index contributed by atoms with van der Waals surface area (Å²) in [5.41, 5.74) is 2.21. The van der Waals surface area contributed by atoms with Crippen LogP contribution in [0, 0.1) is 18.3 Å². The van der Waals surface area contributed by atoms with E-state index in [-0.39, 0.29) is 5.91 Å². The van der Waals surface area contributed by atoms with Crippen LogP contribution >= 0.6 is 11.6 Å². The Balaban J connectivity index is 2.61. The summed E-state index contributed by atoms with van der Waals surface area (Å²) in [6.45, 7) is 1.90. The number of hydrogen-bond donors (Lipinski definition) is 1. The van der Waals surface area contributed by atoms with E-state index in [1.165, 1.54) is 0 Å². The number of amides is 1. The first kappa shape index (κ1) is 13.5. The van der Waals surface area contributed by atoms with E-state index in [1.807, 2.05) is 13.0 Å². The van der Waals surface area contributed by atoms with E-state index in [1.54, 1.807) is 12.1 Å². The van der Waals surface area contributed by atoms with Gasteiger partial charge in [0.25, 0.3) is 0 Å². The SMILES string of the molecule is Cc1ccc(C#N)cc1NC(=O)CCCCCl. The lowest BCUT2D eigenvalue weighted by molar-refractivity contribution is -0.116. The monoisotopic (exact) mass is 250 g/mol. The number of carbonyl (C=O) groups excluding carboxylic acids is 1. The van der Waals surface area contributed by atoms with Gasteiger partial charge in [-0.15, -0.1) is 11.6 Å². The van der Waals surface area contributed by atoms with E-state index in [9.17, 15) is 4.79 Å². The number of nitrogens with one attached hydrogen (secondary N) is 1. The first-order valence-electron chi connectivity index (χ1n) is 5.54. The van der Waals surface area contributed by atoms with Gasteiger partial charge in [0.2, 0.25) is 5.91 Å². The summed E-state index contributed by atoms with van der Waals surface area (Å²) in [6.07, 6.45) is 2.08. The van der Waals surface area contributed by atoms with Gasteiger partial charge in [0.05, 0.1) is 11.6 Å². The molecule has 4 heteroatoms. The Morgan fingerprint density at radius 2 is 2.24 bits per heavy atom. The zero-order valence-corrected chi connectivity index (χ0v) is 10.5. The van der Waals surface area contributed by atoms with Gasteiger partial charge in [-0.1, -0.05) is 6.07 Å². The molecule has 0 aliphatic heterocycles. The molecule has 0 aliphatic carbocycles. The molecule has 1 N–H and O–H groups in total. The standard InChI is InChI=1S/C13H15ClN2O/c1-10-5-6-11(9-15)8-12(10)16-13(17)4-2-3-7-14/h5-6,8H,2-4,7H2,1H3,(H,16,17). The van der Waals surface area contributed by atoms with Crippen LogP contribution in [0.15, 0.2) is 18.2 Å². The highest BCUT2D eigenvalue weighted by Crippen LogP contribution is 2.16. The van der Waals surface area contributed by atoms with Gasteiger partial charge >= 0.3 is 0 Å². The van der Waals surface area contributed by atoms with Gasteiger partial charge in [-0.2, -0.15) is 5.26 Å². The molecule has 17 heavy (non-hydrogen) atoms. The Kier molecular flexibility index (Phi) is 5.51. The van der Waals surface area contributed by atoms with Crippen LogP contribution in [0.2, 0.25) is 0 Å². The second kappa shape index (κ2) is 6.93. The van der Waals surface area contributed by atoms with E-state index in [2.05, 4.69) is 11.4 Å². The van der Waals surface area contributed by atoms with Gasteiger partial charge in [0, 0.05) is 18.0 Å². The number of nitriles is 1. The lowest BCUT2D eigenvalue weighted by atomic mass is 10.1. The van der Waals surface area contributed by atoms with Gasteiger partial charge in [-0.05, 0) is 37.5 Å². The molecular weight excluding hydrogens is 236 g/mol. The van der Waals surface area contributed by atoms with Crippen LogP contribution in [0.25, 0.3) is 0 Å². The largest absolute Gasteiger partial charge is 0.326 e. The second-order valence-electron chi connectivity index (χ2n) is 3.84. The van der Waals surface area contributed by atoms with Gasteiger partial charge in [-0.3, -0.25) is 4.79 Å². The lowest BCUT2D eigenvalue weighted by Crippen LogP contribution is -2.12. The third kappa shape index (κ3) is 4.46. The molecule has 0 radical (unpaired) electrons. The van der Waals surface area contributed by atoms with Crippen molar-refractivity contribution in [2.75, 3.05) is 11.2 Å². The van der Waals surface area contributed by atoms with Crippen LogP contribution in [0.3, 0.4) is 0 Å². The number of aryl methyl sites for hydroxylation is 1. The number of anilines is 1. The zero-order chi connectivity index (χ0) is 12.7. The molecule has 0 spiro atoms. The maximum absolute atomic E-state index is 11.6. The summed E-state index contributed by atoms with van der Waals surface area (Å²) in [7, 11) is 0. The number of nitrogens with zero attached hydrogens (tertiary/aromatic N) is 1. The fourth-order valence-electron chi connectivity index (χ4n) is 1.42. The molecule has 0 aromatic heterocycles. The first-order chi connectivity index (χ1) is 8.17. The van der Waals surface area contributed by atoms with Crippen molar-refractivity contribution in [2.45, 2.75) is 26.2 Å². The molecule has 0 atom stereocenters. The predicted molar refractivity (Wildman–Crippen MR) is 69.1 cm³/mol. The third-order valence-corrected chi connectivity index (χ3v) is 2.70. The maximum Gasteiger partial charge on any atom is 0.224 e. The van der Waals surface area contributed by atoms with Crippen molar-refractivity contribution >= 4 is 23.2 Å². The van der Waals surface area contributed by atoms with Crippen molar-refractivity contribution in [1.29, 1.82) is 5.26 Å². The molecule has 90 valence electrons. The van der Waals surface area contributed by atoms with Crippen molar-refractivity contribution < 1.29 is 4.79 Å². The number of alkyl halides is 1. The smallest absolute Gasteiger partial charge is 0.224 e. The molecule has 1 rings (SSSR count). The topological polar surface area (TPSA) is 52.9 Å². The molecule has 0 saturated heterocycles. The molecule has 0 fully saturated rings. The molecule has 0 aliphatic rings. The van der Waals surface area contributed by atoms with Gasteiger partial charge in [0.15, 0.2) is 0 Å². The minimum Gasteiger partial charge on any atom is -0.326 e. The number of benzene rings is 1. The van der Waals surface area contributed by atoms with Crippen LogP contribution in [-0.2, 0) is 4.79 Å². The molecule has 0 unspecified atom stereocenters. The van der Waals surface area contributed by atoms with E-state index in [0.717, 1.165) is 18.4 Å². The van der Waals surface area contributed by atoms with Crippen molar-refractivity contribution in [3.8, 4) is 6.07 Å². The molecular formula is C13H15ClN2O. The summed E-state index contributed by atoms with van der Waals surface area (Å²) in [6, 6.07) is 7.30. The van der Waals surface area contributed by atoms with Crippen molar-refractivity contribution in [3.05, 3.63) is 29.3 Å². The van der Waals surface area contributed by atoms with Crippen LogP contribution in [-0.4, -0.2) is 11.8 Å². The Morgan fingerprint density at radius 1 is 1.47 bits per heavy atom. The van der Waals surface area contributed by atoms with Crippen molar-refractivity contribution in [3.63, 3.8) is 0 Å². The predicted octanol–water partition coefficient (Wildman–Crippen LogP) is 3.21. The highest BCUT2D eigenvalue weighted by atomic mass is 35.5. The molecule has 0 saturated carbocycles. The van der Waals surface area contributed by atoms with Crippen LogP contribution < -0.4 is 5.32 Å². The average Bonchev–Trinajstić information content (AvgIpc) is 2.32. The normalized spacial score (nSPS) is 9.71. The summed E-state index contributed by atoms with van der Waals surface area (Å²) in [5.74, 6) is 0.546. The van der Waals surface area contributed by atoms with Crippen LogP contribution in [0.4, 0.5) is 5.69 Å². The number of rotatable bonds is 5. The number of unbranched alkanes of at least 4 members (excludes halogenated alkanes) is 1. The Hall–Kier alpha value is -1.53. The molecule has 0 heterocycles. The van der Waals surface area contributed by atoms with Gasteiger partial charge in [-0.25, -0.2) is 0 Å². The van der Waals surface area contributed by atoms with Crippen molar-refractivity contribution in [1.82, 2.24) is 0 Å². The number of carbonyl (C=O) groups is 1. The summed E-state index contributed by atoms with van der Waals surface area (Å²) < 4.78 is 0. The fraction of sp³-hybridized carbons (Fsp3) is 0.385. The van der Waals surface area contributed by atoms with Gasteiger partial charge in [0.1, 0.15) is 0 Å². The Labute approximate surface area is 106 Å². The molecule has 0 bridgehead atoms. The summed E-state index contributed by atoms with van der Waals surface area (Å²) in [5, 5.41) is 11.6. The van der Waals surface area contributed by atoms with E-state index < -0.39 is 0 Å². The summed E-state index contributed by atoms with van der Waals surface area (Å²) >= 11 is 5.54. The van der Waals surface area contributed by atoms with Gasteiger partial charge < -0.3 is 5.32 Å². The molecule has 1 aromatic carbocycles. The minimum absolute atomic E-state index is 0.0340. The highest BCUT2D eigenvalue weighted by Gasteiger charge is 2.05. The summed E-state index contributed by atoms with van der Waals surface area (Å²) in [4.78, 5) is 11.6. The molecule has 1 amide bonds. The zero-order valence-electron chi connectivity index (χ0n) is 9.79. The van der Waals surface area contributed by atoms with E-state index in [0.29, 0.717) is 23.6 Å². The van der Waals surface area contributed by atoms with Crippen LogP contribution in [0.5, 0.6) is 0 Å². The highest BCUT2D eigenvalue weighted by molar-refractivity contribution is 6.17. The second-order valence-corrected chi connectivity index (χ2v) is 4.21. The number of hydrogen-bond acceptors (Lipinski definition) is 2.